The molecule has 0 saturated carbocycles. The van der Waals surface area contributed by atoms with E-state index in [2.05, 4.69) is 35.3 Å². The van der Waals surface area contributed by atoms with Crippen LogP contribution in [0.5, 0.6) is 5.88 Å². The highest BCUT2D eigenvalue weighted by atomic mass is 35.5. The molecular weight excluding hydrogens is 368 g/mol. The number of pyridine rings is 2. The maximum absolute atomic E-state index is 5.77. The van der Waals surface area contributed by atoms with Gasteiger partial charge in [-0.25, -0.2) is 15.0 Å². The second-order valence-corrected chi connectivity index (χ2v) is 5.81. The van der Waals surface area contributed by atoms with Crippen molar-refractivity contribution in [1.82, 2.24) is 29.7 Å². The highest BCUT2D eigenvalue weighted by Crippen LogP contribution is 2.24. The average Bonchev–Trinajstić information content (AvgIpc) is 3.14. The van der Waals surface area contributed by atoms with E-state index in [0.717, 1.165) is 5.56 Å². The fourth-order valence-corrected chi connectivity index (χ4v) is 2.51. The summed E-state index contributed by atoms with van der Waals surface area (Å²) in [5, 5.41) is 13.8. The highest BCUT2D eigenvalue weighted by molar-refractivity contribution is 6.29. The van der Waals surface area contributed by atoms with Crippen molar-refractivity contribution in [2.75, 3.05) is 7.11 Å². The molecular formula is C17H13ClN8O. The van der Waals surface area contributed by atoms with Gasteiger partial charge < -0.3 is 4.74 Å². The van der Waals surface area contributed by atoms with E-state index in [1.54, 1.807) is 36.3 Å². The number of ether oxygens (including phenoxy) is 1. The van der Waals surface area contributed by atoms with Crippen molar-refractivity contribution in [2.45, 2.75) is 6.54 Å². The van der Waals surface area contributed by atoms with Gasteiger partial charge in [-0.1, -0.05) is 23.7 Å². The van der Waals surface area contributed by atoms with Gasteiger partial charge in [0.25, 0.3) is 0 Å². The minimum absolute atomic E-state index is 0.362. The SMILES string of the molecule is COc1cccc(-n2ncc3c(N=NCc4ccc(Cl)nc4)ncnc32)n1. The quantitative estimate of drug-likeness (QED) is 0.387. The zero-order valence-corrected chi connectivity index (χ0v) is 14.9. The normalized spacial score (nSPS) is 11.3. The largest absolute Gasteiger partial charge is 0.481 e. The molecule has 4 aromatic heterocycles. The molecule has 0 amide bonds. The molecule has 0 radical (unpaired) electrons. The lowest BCUT2D eigenvalue weighted by molar-refractivity contribution is 0.397. The fraction of sp³-hybridized carbons (Fsp3) is 0.118. The van der Waals surface area contributed by atoms with Crippen LogP contribution >= 0.6 is 11.6 Å². The molecule has 27 heavy (non-hydrogen) atoms. The van der Waals surface area contributed by atoms with E-state index in [4.69, 9.17) is 16.3 Å². The summed E-state index contributed by atoms with van der Waals surface area (Å²) in [5.74, 6) is 1.50. The first-order valence-corrected chi connectivity index (χ1v) is 8.30. The minimum Gasteiger partial charge on any atom is -0.481 e. The van der Waals surface area contributed by atoms with Crippen LogP contribution in [-0.2, 0) is 6.54 Å². The molecule has 0 N–H and O–H groups in total. The number of fused-ring (bicyclic) bond motifs is 1. The van der Waals surface area contributed by atoms with E-state index in [1.165, 1.54) is 6.33 Å². The molecule has 4 heterocycles. The summed E-state index contributed by atoms with van der Waals surface area (Å²) in [6, 6.07) is 8.95. The van der Waals surface area contributed by atoms with Crippen LogP contribution in [0.4, 0.5) is 5.82 Å². The van der Waals surface area contributed by atoms with Gasteiger partial charge in [-0.15, -0.1) is 5.11 Å². The van der Waals surface area contributed by atoms with Gasteiger partial charge in [-0.05, 0) is 17.7 Å². The zero-order valence-electron chi connectivity index (χ0n) is 14.2. The van der Waals surface area contributed by atoms with Gasteiger partial charge in [0, 0.05) is 12.3 Å². The van der Waals surface area contributed by atoms with Crippen LogP contribution in [0.25, 0.3) is 16.9 Å². The summed E-state index contributed by atoms with van der Waals surface area (Å²) < 4.78 is 6.76. The van der Waals surface area contributed by atoms with Gasteiger partial charge in [-0.3, -0.25) is 0 Å². The first kappa shape index (κ1) is 17.0. The summed E-state index contributed by atoms with van der Waals surface area (Å²) in [5.41, 5.74) is 1.47. The Morgan fingerprint density at radius 3 is 2.85 bits per heavy atom. The smallest absolute Gasteiger partial charge is 0.214 e. The van der Waals surface area contributed by atoms with Crippen molar-refractivity contribution in [2.24, 2.45) is 10.2 Å². The molecule has 0 bridgehead atoms. The molecule has 0 fully saturated rings. The molecule has 0 atom stereocenters. The predicted molar refractivity (Wildman–Crippen MR) is 98.5 cm³/mol. The molecule has 0 aliphatic rings. The molecule has 0 spiro atoms. The van der Waals surface area contributed by atoms with Crippen molar-refractivity contribution < 1.29 is 4.74 Å². The van der Waals surface area contributed by atoms with Gasteiger partial charge in [-0.2, -0.15) is 19.9 Å². The second-order valence-electron chi connectivity index (χ2n) is 5.42. The lowest BCUT2D eigenvalue weighted by atomic mass is 10.3. The number of azo groups is 1. The Hall–Kier alpha value is -3.46. The van der Waals surface area contributed by atoms with Crippen molar-refractivity contribution in [3.8, 4) is 11.7 Å². The first-order chi connectivity index (χ1) is 13.2. The average molecular weight is 381 g/mol. The van der Waals surface area contributed by atoms with Gasteiger partial charge in [0.1, 0.15) is 11.5 Å². The third-order valence-electron chi connectivity index (χ3n) is 3.69. The van der Waals surface area contributed by atoms with Crippen LogP contribution in [0.3, 0.4) is 0 Å². The number of hydrogen-bond donors (Lipinski definition) is 0. The Bertz CT molecular complexity index is 1110. The van der Waals surface area contributed by atoms with Crippen LogP contribution in [0.2, 0.25) is 5.15 Å². The molecule has 0 aromatic carbocycles. The highest BCUT2D eigenvalue weighted by Gasteiger charge is 2.12. The molecule has 134 valence electrons. The summed E-state index contributed by atoms with van der Waals surface area (Å²) in [6.45, 7) is 0.362. The Morgan fingerprint density at radius 1 is 1.11 bits per heavy atom. The standard InChI is InChI=1S/C17H13ClN8O/c1-27-15-4-2-3-14(24-15)26-17-12(9-23-26)16(20-10-21-17)25-22-8-11-5-6-13(18)19-7-11/h2-7,9-10H,8H2,1H3. The molecule has 0 aliphatic heterocycles. The zero-order chi connectivity index (χ0) is 18.6. The third-order valence-corrected chi connectivity index (χ3v) is 3.91. The van der Waals surface area contributed by atoms with E-state index < -0.39 is 0 Å². The lowest BCUT2D eigenvalue weighted by Crippen LogP contribution is -2.01. The van der Waals surface area contributed by atoms with Crippen molar-refractivity contribution in [1.29, 1.82) is 0 Å². The fourth-order valence-electron chi connectivity index (χ4n) is 2.40. The molecule has 9 nitrogen and oxygen atoms in total. The van der Waals surface area contributed by atoms with Crippen LogP contribution in [-0.4, -0.2) is 36.8 Å². The van der Waals surface area contributed by atoms with Crippen molar-refractivity contribution in [3.05, 3.63) is 59.8 Å². The topological polar surface area (TPSA) is 103 Å². The Kier molecular flexibility index (Phi) is 4.67. The molecule has 4 rings (SSSR count). The summed E-state index contributed by atoms with van der Waals surface area (Å²) in [7, 11) is 1.56. The van der Waals surface area contributed by atoms with E-state index >= 15 is 0 Å². The number of methoxy groups -OCH3 is 1. The molecule has 10 heteroatoms. The third kappa shape index (κ3) is 3.58. The number of hydrogen-bond acceptors (Lipinski definition) is 8. The Labute approximate surface area is 158 Å². The van der Waals surface area contributed by atoms with E-state index in [1.807, 2.05) is 18.2 Å². The van der Waals surface area contributed by atoms with Gasteiger partial charge in [0.05, 0.1) is 25.2 Å². The summed E-state index contributed by atoms with van der Waals surface area (Å²) in [6.07, 6.45) is 4.71. The van der Waals surface area contributed by atoms with Gasteiger partial charge in [0.15, 0.2) is 17.3 Å². The molecule has 4 aromatic rings. The molecule has 0 unspecified atom stereocenters. The van der Waals surface area contributed by atoms with Gasteiger partial charge in [0.2, 0.25) is 5.88 Å². The number of rotatable bonds is 5. The minimum atomic E-state index is 0.362. The number of aromatic nitrogens is 6. The van der Waals surface area contributed by atoms with Crippen molar-refractivity contribution in [3.63, 3.8) is 0 Å². The van der Waals surface area contributed by atoms with Crippen LogP contribution in [0, 0.1) is 0 Å². The number of halogens is 1. The maximum atomic E-state index is 5.77. The van der Waals surface area contributed by atoms with Crippen LogP contribution in [0.1, 0.15) is 5.56 Å². The number of nitrogens with zero attached hydrogens (tertiary/aromatic N) is 8. The first-order valence-electron chi connectivity index (χ1n) is 7.92. The Morgan fingerprint density at radius 2 is 2.04 bits per heavy atom. The monoisotopic (exact) mass is 380 g/mol. The van der Waals surface area contributed by atoms with E-state index in [0.29, 0.717) is 40.2 Å². The van der Waals surface area contributed by atoms with E-state index in [9.17, 15) is 0 Å². The molecule has 0 saturated heterocycles. The second kappa shape index (κ2) is 7.42. The Balaban J connectivity index is 1.64. The van der Waals surface area contributed by atoms with Crippen molar-refractivity contribution >= 4 is 28.5 Å². The predicted octanol–water partition coefficient (Wildman–Crippen LogP) is 3.55. The summed E-state index contributed by atoms with van der Waals surface area (Å²) in [4.78, 5) is 16.9. The molecule has 0 aliphatic carbocycles. The van der Waals surface area contributed by atoms with Crippen LogP contribution < -0.4 is 4.74 Å². The van der Waals surface area contributed by atoms with Gasteiger partial charge >= 0.3 is 0 Å². The lowest BCUT2D eigenvalue weighted by Gasteiger charge is -2.04. The van der Waals surface area contributed by atoms with Crippen LogP contribution in [0.15, 0.2) is 59.3 Å². The van der Waals surface area contributed by atoms with E-state index in [-0.39, 0.29) is 0 Å². The maximum Gasteiger partial charge on any atom is 0.214 e. The summed E-state index contributed by atoms with van der Waals surface area (Å²) >= 11 is 5.77.